The number of carbonyl (C=O) groups is 2. The van der Waals surface area contributed by atoms with E-state index in [9.17, 15) is 9.59 Å². The Kier molecular flexibility index (Phi) is 8.11. The lowest BCUT2D eigenvalue weighted by molar-refractivity contribution is -0.142. The summed E-state index contributed by atoms with van der Waals surface area (Å²) >= 11 is 0. The molecule has 0 spiro atoms. The van der Waals surface area contributed by atoms with Gasteiger partial charge in [-0.2, -0.15) is 0 Å². The van der Waals surface area contributed by atoms with Crippen molar-refractivity contribution in [3.63, 3.8) is 0 Å². The predicted octanol–water partition coefficient (Wildman–Crippen LogP) is 1.33. The Labute approximate surface area is 138 Å². The first-order valence-electron chi connectivity index (χ1n) is 7.61. The average molecular weight is 322 g/mol. The molecule has 128 valence electrons. The molecule has 6 heteroatoms. The third kappa shape index (κ3) is 7.65. The molecule has 0 bridgehead atoms. The van der Waals surface area contributed by atoms with Gasteiger partial charge in [-0.15, -0.1) is 0 Å². The van der Waals surface area contributed by atoms with Gasteiger partial charge in [-0.3, -0.25) is 9.59 Å². The van der Waals surface area contributed by atoms with E-state index in [0.29, 0.717) is 18.8 Å². The van der Waals surface area contributed by atoms with Crippen molar-refractivity contribution in [1.82, 2.24) is 9.80 Å². The molecule has 0 N–H and O–H groups in total. The van der Waals surface area contributed by atoms with Crippen LogP contribution in [0, 0.1) is 6.92 Å². The van der Waals surface area contributed by atoms with Crippen molar-refractivity contribution in [2.75, 3.05) is 47.4 Å². The quantitative estimate of drug-likeness (QED) is 0.642. The van der Waals surface area contributed by atoms with Crippen LogP contribution >= 0.6 is 0 Å². The van der Waals surface area contributed by atoms with Crippen LogP contribution in [0.25, 0.3) is 0 Å². The van der Waals surface area contributed by atoms with E-state index < -0.39 is 0 Å². The molecule has 0 heterocycles. The predicted molar refractivity (Wildman–Crippen MR) is 88.4 cm³/mol. The minimum Gasteiger partial charge on any atom is -0.484 e. The fourth-order valence-electron chi connectivity index (χ4n) is 1.88. The maximum Gasteiger partial charge on any atom is 0.307 e. The number of rotatable bonds is 9. The van der Waals surface area contributed by atoms with Gasteiger partial charge in [0.2, 0.25) is 0 Å². The fraction of sp³-hybridized carbons (Fsp3) is 0.529. The van der Waals surface area contributed by atoms with Gasteiger partial charge in [-0.25, -0.2) is 0 Å². The van der Waals surface area contributed by atoms with E-state index in [0.717, 1.165) is 12.1 Å². The molecule has 0 unspecified atom stereocenters. The van der Waals surface area contributed by atoms with Crippen molar-refractivity contribution < 1.29 is 19.1 Å². The zero-order chi connectivity index (χ0) is 17.2. The number of hydrogen-bond acceptors (Lipinski definition) is 5. The van der Waals surface area contributed by atoms with Crippen molar-refractivity contribution >= 4 is 11.9 Å². The number of likely N-dealkylation sites (N-methyl/N-ethyl adjacent to an activating group) is 1. The van der Waals surface area contributed by atoms with Crippen LogP contribution in [0.1, 0.15) is 12.0 Å². The van der Waals surface area contributed by atoms with E-state index in [1.54, 1.807) is 4.90 Å². The smallest absolute Gasteiger partial charge is 0.307 e. The zero-order valence-electron chi connectivity index (χ0n) is 14.4. The lowest BCUT2D eigenvalue weighted by atomic mass is 10.2. The third-order valence-corrected chi connectivity index (χ3v) is 3.37. The van der Waals surface area contributed by atoms with E-state index in [1.807, 2.05) is 50.2 Å². The van der Waals surface area contributed by atoms with Gasteiger partial charge >= 0.3 is 5.97 Å². The minimum atomic E-state index is -0.327. The van der Waals surface area contributed by atoms with Crippen LogP contribution in [0.2, 0.25) is 0 Å². The van der Waals surface area contributed by atoms with Gasteiger partial charge in [0.05, 0.1) is 13.5 Å². The van der Waals surface area contributed by atoms with E-state index >= 15 is 0 Å². The Morgan fingerprint density at radius 1 is 1.04 bits per heavy atom. The number of carbonyl (C=O) groups excluding carboxylic acids is 2. The molecule has 0 aliphatic carbocycles. The molecule has 6 nitrogen and oxygen atoms in total. The Balaban J connectivity index is 2.54. The molecule has 0 atom stereocenters. The molecule has 0 aliphatic heterocycles. The molecular weight excluding hydrogens is 296 g/mol. The molecule has 0 fully saturated rings. The second kappa shape index (κ2) is 9.84. The van der Waals surface area contributed by atoms with Crippen molar-refractivity contribution in [3.8, 4) is 5.75 Å². The normalized spacial score (nSPS) is 10.5. The number of ether oxygens (including phenoxy) is 2. The van der Waals surface area contributed by atoms with Crippen molar-refractivity contribution in [2.45, 2.75) is 13.3 Å². The maximum absolute atomic E-state index is 12.3. The van der Waals surface area contributed by atoms with Gasteiger partial charge in [0.1, 0.15) is 5.75 Å². The Bertz CT molecular complexity index is 500. The van der Waals surface area contributed by atoms with Crippen molar-refractivity contribution in [2.24, 2.45) is 0 Å². The van der Waals surface area contributed by atoms with Crippen LogP contribution in [0.15, 0.2) is 24.3 Å². The summed E-state index contributed by atoms with van der Waals surface area (Å²) in [7, 11) is 5.21. The Morgan fingerprint density at radius 3 is 2.26 bits per heavy atom. The number of amides is 1. The largest absolute Gasteiger partial charge is 0.484 e. The second-order valence-electron chi connectivity index (χ2n) is 5.61. The maximum atomic E-state index is 12.3. The van der Waals surface area contributed by atoms with Gasteiger partial charge in [0.25, 0.3) is 5.91 Å². The molecule has 0 radical (unpaired) electrons. The van der Waals surface area contributed by atoms with Gasteiger partial charge in [0, 0.05) is 19.6 Å². The highest BCUT2D eigenvalue weighted by molar-refractivity contribution is 5.78. The van der Waals surface area contributed by atoms with Crippen LogP contribution in [0.4, 0.5) is 0 Å². The standard InChI is InChI=1S/C17H26N2O4/c1-14-5-7-15(8-6-14)23-13-16(20)19(12-11-18(2)3)10-9-17(21)22-4/h5-8H,9-13H2,1-4H3. The van der Waals surface area contributed by atoms with E-state index in [-0.39, 0.29) is 24.9 Å². The van der Waals surface area contributed by atoms with Crippen LogP contribution in [-0.2, 0) is 14.3 Å². The highest BCUT2D eigenvalue weighted by Gasteiger charge is 2.16. The molecule has 1 rings (SSSR count). The molecule has 1 amide bonds. The van der Waals surface area contributed by atoms with Crippen LogP contribution < -0.4 is 4.74 Å². The number of esters is 1. The van der Waals surface area contributed by atoms with Crippen LogP contribution in [0.5, 0.6) is 5.75 Å². The van der Waals surface area contributed by atoms with E-state index in [1.165, 1.54) is 7.11 Å². The monoisotopic (exact) mass is 322 g/mol. The molecule has 0 aliphatic rings. The number of benzene rings is 1. The third-order valence-electron chi connectivity index (χ3n) is 3.37. The molecule has 0 saturated heterocycles. The molecule has 23 heavy (non-hydrogen) atoms. The lowest BCUT2D eigenvalue weighted by Gasteiger charge is -2.24. The summed E-state index contributed by atoms with van der Waals surface area (Å²) in [6, 6.07) is 7.53. The second-order valence-corrected chi connectivity index (χ2v) is 5.61. The van der Waals surface area contributed by atoms with Crippen molar-refractivity contribution in [1.29, 1.82) is 0 Å². The topological polar surface area (TPSA) is 59.1 Å². The zero-order valence-corrected chi connectivity index (χ0v) is 14.4. The highest BCUT2D eigenvalue weighted by atomic mass is 16.5. The molecule has 0 aromatic heterocycles. The van der Waals surface area contributed by atoms with E-state index in [4.69, 9.17) is 4.74 Å². The summed E-state index contributed by atoms with van der Waals surface area (Å²) in [5.74, 6) is 0.188. The summed E-state index contributed by atoms with van der Waals surface area (Å²) in [5.41, 5.74) is 1.13. The van der Waals surface area contributed by atoms with Crippen LogP contribution in [-0.4, -0.2) is 69.1 Å². The van der Waals surface area contributed by atoms with Crippen molar-refractivity contribution in [3.05, 3.63) is 29.8 Å². The summed E-state index contributed by atoms with van der Waals surface area (Å²) in [6.45, 7) is 3.54. The number of nitrogens with zero attached hydrogens (tertiary/aromatic N) is 2. The summed E-state index contributed by atoms with van der Waals surface area (Å²) < 4.78 is 10.2. The van der Waals surface area contributed by atoms with Gasteiger partial charge in [-0.1, -0.05) is 17.7 Å². The lowest BCUT2D eigenvalue weighted by Crippen LogP contribution is -2.40. The minimum absolute atomic E-state index is 0.0440. The Hall–Kier alpha value is -2.08. The first-order valence-corrected chi connectivity index (χ1v) is 7.61. The summed E-state index contributed by atoms with van der Waals surface area (Å²) in [4.78, 5) is 27.2. The summed E-state index contributed by atoms with van der Waals surface area (Å²) in [6.07, 6.45) is 0.181. The first kappa shape index (κ1) is 19.0. The molecule has 0 saturated carbocycles. The highest BCUT2D eigenvalue weighted by Crippen LogP contribution is 2.11. The average Bonchev–Trinajstić information content (AvgIpc) is 2.53. The van der Waals surface area contributed by atoms with Gasteiger partial charge in [0.15, 0.2) is 6.61 Å². The number of aryl methyl sites for hydroxylation is 1. The molecule has 1 aromatic carbocycles. The van der Waals surface area contributed by atoms with Gasteiger partial charge < -0.3 is 19.3 Å². The SMILES string of the molecule is COC(=O)CCN(CCN(C)C)C(=O)COc1ccc(C)cc1. The Morgan fingerprint density at radius 2 is 1.70 bits per heavy atom. The van der Waals surface area contributed by atoms with Crippen LogP contribution in [0.3, 0.4) is 0 Å². The number of methoxy groups -OCH3 is 1. The molecular formula is C17H26N2O4. The first-order chi connectivity index (χ1) is 10.9. The van der Waals surface area contributed by atoms with Gasteiger partial charge in [-0.05, 0) is 33.2 Å². The molecule has 1 aromatic rings. The summed E-state index contributed by atoms with van der Waals surface area (Å²) in [5, 5.41) is 0. The van der Waals surface area contributed by atoms with E-state index in [2.05, 4.69) is 4.74 Å². The fourth-order valence-corrected chi connectivity index (χ4v) is 1.88. The number of hydrogen-bond donors (Lipinski definition) is 0.